The van der Waals surface area contributed by atoms with Crippen molar-refractivity contribution in [2.24, 2.45) is 0 Å². The van der Waals surface area contributed by atoms with E-state index in [2.05, 4.69) is 26.3 Å². The van der Waals surface area contributed by atoms with Crippen molar-refractivity contribution in [3.05, 3.63) is 40.7 Å². The second kappa shape index (κ2) is 11.2. The molecule has 12 heteroatoms. The Morgan fingerprint density at radius 3 is 2.92 bits per heavy atom. The van der Waals surface area contributed by atoms with Gasteiger partial charge in [-0.05, 0) is 36.5 Å². The molecule has 2 amide bonds. The van der Waals surface area contributed by atoms with E-state index in [0.29, 0.717) is 73.9 Å². The first-order chi connectivity index (χ1) is 18.5. The van der Waals surface area contributed by atoms with E-state index in [9.17, 15) is 19.6 Å². The molecule has 0 saturated carbocycles. The van der Waals surface area contributed by atoms with E-state index in [1.54, 1.807) is 13.2 Å². The molecule has 0 aliphatic carbocycles. The van der Waals surface area contributed by atoms with Crippen LogP contribution < -0.4 is 15.1 Å². The van der Waals surface area contributed by atoms with Crippen molar-refractivity contribution in [2.45, 2.75) is 38.1 Å². The molecule has 2 aromatic rings. The molecule has 2 aromatic heterocycles. The lowest BCUT2D eigenvalue weighted by Gasteiger charge is -2.30. The van der Waals surface area contributed by atoms with Crippen molar-refractivity contribution in [2.75, 3.05) is 55.0 Å². The summed E-state index contributed by atoms with van der Waals surface area (Å²) >= 11 is 0. The van der Waals surface area contributed by atoms with Crippen LogP contribution in [-0.2, 0) is 27.2 Å². The number of hydrogen-bond donors (Lipinski definition) is 1. The third-order valence-electron chi connectivity index (χ3n) is 7.20. The number of aldehydes is 2. The van der Waals surface area contributed by atoms with Crippen molar-refractivity contribution >= 4 is 35.9 Å². The van der Waals surface area contributed by atoms with E-state index in [1.807, 2.05) is 11.0 Å². The highest BCUT2D eigenvalue weighted by molar-refractivity contribution is 6.02. The molecule has 38 heavy (non-hydrogen) atoms. The van der Waals surface area contributed by atoms with E-state index in [-0.39, 0.29) is 11.8 Å². The van der Waals surface area contributed by atoms with Crippen molar-refractivity contribution < 1.29 is 23.9 Å². The van der Waals surface area contributed by atoms with Gasteiger partial charge in [-0.2, -0.15) is 5.26 Å². The Bertz CT molecular complexity index is 1280. The second-order valence-electron chi connectivity index (χ2n) is 9.48. The maximum atomic E-state index is 13.3. The number of aromatic nitrogens is 2. The summed E-state index contributed by atoms with van der Waals surface area (Å²) in [5.74, 6) is 0.749. The predicted molar refractivity (Wildman–Crippen MR) is 137 cm³/mol. The summed E-state index contributed by atoms with van der Waals surface area (Å²) in [4.78, 5) is 50.8. The first kappa shape index (κ1) is 25.7. The highest BCUT2D eigenvalue weighted by Crippen LogP contribution is 2.30. The Kier molecular flexibility index (Phi) is 7.59. The van der Waals surface area contributed by atoms with Crippen LogP contribution in [0.1, 0.15) is 40.0 Å². The number of fused-ring (bicyclic) bond motifs is 1. The lowest BCUT2D eigenvalue weighted by atomic mass is 10.0. The maximum Gasteiger partial charge on any atom is 0.328 e. The van der Waals surface area contributed by atoms with E-state index in [0.717, 1.165) is 31.2 Å². The van der Waals surface area contributed by atoms with Crippen LogP contribution in [0.3, 0.4) is 0 Å². The lowest BCUT2D eigenvalue weighted by molar-refractivity contribution is -0.121. The summed E-state index contributed by atoms with van der Waals surface area (Å²) in [5, 5.41) is 12.4. The van der Waals surface area contributed by atoms with Crippen LogP contribution in [0.5, 0.6) is 0 Å². The van der Waals surface area contributed by atoms with Crippen LogP contribution in [0.2, 0.25) is 0 Å². The highest BCUT2D eigenvalue weighted by atomic mass is 16.5. The van der Waals surface area contributed by atoms with Crippen LogP contribution in [0, 0.1) is 11.3 Å². The SMILES string of the molecule is CO[C@@H]1CCN(c2cc(NC(=O)N3CCCc4cc(CN5CCO[C@@H]5C=O)c(C=O)nc43)ncc2C#N)C1. The van der Waals surface area contributed by atoms with Gasteiger partial charge in [0.05, 0.1) is 24.0 Å². The van der Waals surface area contributed by atoms with Crippen LogP contribution in [0.15, 0.2) is 18.3 Å². The Morgan fingerprint density at radius 1 is 1.32 bits per heavy atom. The Balaban J connectivity index is 1.36. The summed E-state index contributed by atoms with van der Waals surface area (Å²) < 4.78 is 10.8. The molecule has 12 nitrogen and oxygen atoms in total. The second-order valence-corrected chi connectivity index (χ2v) is 9.48. The van der Waals surface area contributed by atoms with Crippen LogP contribution in [-0.4, -0.2) is 85.7 Å². The molecule has 198 valence electrons. The van der Waals surface area contributed by atoms with Gasteiger partial charge in [0.1, 0.15) is 23.4 Å². The molecule has 2 saturated heterocycles. The van der Waals surface area contributed by atoms with Crippen molar-refractivity contribution in [3.8, 4) is 6.07 Å². The van der Waals surface area contributed by atoms with Crippen LogP contribution >= 0.6 is 0 Å². The molecule has 0 spiro atoms. The molecule has 3 aliphatic rings. The molecule has 0 aromatic carbocycles. The van der Waals surface area contributed by atoms with Crippen LogP contribution in [0.4, 0.5) is 22.1 Å². The average molecular weight is 520 g/mol. The molecule has 0 bridgehead atoms. The third kappa shape index (κ3) is 5.08. The predicted octanol–water partition coefficient (Wildman–Crippen LogP) is 1.73. The van der Waals surface area contributed by atoms with Gasteiger partial charge in [0, 0.05) is 52.1 Å². The van der Waals surface area contributed by atoms with Gasteiger partial charge in [0.25, 0.3) is 0 Å². The number of ether oxygens (including phenoxy) is 2. The van der Waals surface area contributed by atoms with Crippen molar-refractivity contribution in [3.63, 3.8) is 0 Å². The molecule has 5 heterocycles. The van der Waals surface area contributed by atoms with E-state index in [4.69, 9.17) is 9.47 Å². The minimum Gasteiger partial charge on any atom is -0.380 e. The standard InChI is InChI=1S/C26H29N7O5/c1-37-20-4-6-31(14-20)22-10-23(28-12-19(22)11-27)30-26(36)33-5-2-3-17-9-18(21(15-34)29-25(17)33)13-32-7-8-38-24(32)16-35/h9-10,12,15-16,20,24H,2-8,13-14H2,1H3,(H,28,30,36)/t20-,24-/m1/s1. The van der Waals surface area contributed by atoms with E-state index >= 15 is 0 Å². The molecule has 2 atom stereocenters. The number of methoxy groups -OCH3 is 1. The molecular weight excluding hydrogens is 490 g/mol. The van der Waals surface area contributed by atoms with Crippen LogP contribution in [0.25, 0.3) is 0 Å². The number of urea groups is 1. The fourth-order valence-corrected chi connectivity index (χ4v) is 5.20. The molecular formula is C26H29N7O5. The minimum absolute atomic E-state index is 0.0860. The number of aryl methyl sites for hydroxylation is 1. The zero-order chi connectivity index (χ0) is 26.6. The summed E-state index contributed by atoms with van der Waals surface area (Å²) in [6.45, 7) is 3.20. The Morgan fingerprint density at radius 2 is 2.18 bits per heavy atom. The Hall–Kier alpha value is -3.92. The maximum absolute atomic E-state index is 13.3. The third-order valence-corrected chi connectivity index (χ3v) is 7.20. The largest absolute Gasteiger partial charge is 0.380 e. The zero-order valence-corrected chi connectivity index (χ0v) is 21.1. The van der Waals surface area contributed by atoms with Gasteiger partial charge < -0.3 is 14.4 Å². The monoisotopic (exact) mass is 519 g/mol. The van der Waals surface area contributed by atoms with Gasteiger partial charge in [-0.3, -0.25) is 24.7 Å². The van der Waals surface area contributed by atoms with Gasteiger partial charge in [0.15, 0.2) is 18.8 Å². The first-order valence-corrected chi connectivity index (χ1v) is 12.6. The molecule has 0 unspecified atom stereocenters. The number of hydrogen-bond acceptors (Lipinski definition) is 10. The minimum atomic E-state index is -0.640. The topological polar surface area (TPSA) is 141 Å². The average Bonchev–Trinajstić information content (AvgIpc) is 3.61. The quantitative estimate of drug-likeness (QED) is 0.538. The number of nitriles is 1. The van der Waals surface area contributed by atoms with Gasteiger partial charge in [-0.25, -0.2) is 14.8 Å². The van der Waals surface area contributed by atoms with E-state index in [1.165, 1.54) is 11.1 Å². The van der Waals surface area contributed by atoms with E-state index < -0.39 is 12.3 Å². The summed E-state index contributed by atoms with van der Waals surface area (Å²) in [7, 11) is 1.67. The number of nitrogens with one attached hydrogen (secondary N) is 1. The van der Waals surface area contributed by atoms with Gasteiger partial charge in [-0.1, -0.05) is 0 Å². The fourth-order valence-electron chi connectivity index (χ4n) is 5.20. The molecule has 3 aliphatic heterocycles. The number of pyridine rings is 2. The number of nitrogens with zero attached hydrogens (tertiary/aromatic N) is 6. The summed E-state index contributed by atoms with van der Waals surface area (Å²) in [6, 6.07) is 5.35. The Labute approximate surface area is 220 Å². The smallest absolute Gasteiger partial charge is 0.328 e. The van der Waals surface area contributed by atoms with Gasteiger partial charge >= 0.3 is 6.03 Å². The van der Waals surface area contributed by atoms with Crippen molar-refractivity contribution in [1.29, 1.82) is 5.26 Å². The van der Waals surface area contributed by atoms with Crippen molar-refractivity contribution in [1.82, 2.24) is 14.9 Å². The molecule has 2 fully saturated rings. The normalized spacial score (nSPS) is 21.2. The van der Waals surface area contributed by atoms with Gasteiger partial charge in [-0.15, -0.1) is 0 Å². The number of rotatable bonds is 7. The fraction of sp³-hybridized carbons (Fsp3) is 0.462. The first-order valence-electron chi connectivity index (χ1n) is 12.6. The molecule has 0 radical (unpaired) electrons. The zero-order valence-electron chi connectivity index (χ0n) is 21.1. The summed E-state index contributed by atoms with van der Waals surface area (Å²) in [5.41, 5.74) is 2.89. The number of carbonyl (C=O) groups is 3. The number of anilines is 3. The highest BCUT2D eigenvalue weighted by Gasteiger charge is 2.30. The molecule has 1 N–H and O–H groups in total. The molecule has 5 rings (SSSR count). The lowest BCUT2D eigenvalue weighted by Crippen LogP contribution is -2.40. The van der Waals surface area contributed by atoms with Gasteiger partial charge in [0.2, 0.25) is 0 Å². The number of amides is 2. The summed E-state index contributed by atoms with van der Waals surface area (Å²) in [6.07, 6.45) is 4.60. The number of carbonyl (C=O) groups excluding carboxylic acids is 3.